The number of primary amides is 1. The van der Waals surface area contributed by atoms with E-state index in [-0.39, 0.29) is 11.7 Å². The van der Waals surface area contributed by atoms with E-state index in [4.69, 9.17) is 15.2 Å². The lowest BCUT2D eigenvalue weighted by Gasteiger charge is -2.35. The standard InChI is InChI=1S/C29H30N6O4/c1-16-9-23(33-39-16)29(4,38)8-7-17-5-6-21-18-11-20(12-18)35-25(19-13-31-34(14-19)15-28(2,3)37)24(26(30)36)32-27(35)22(21)10-17/h5-6,9-10,13-14,18,20,37-38H,11-12,15H2,1-4H3,(H2,30,36)/t18?,20?,29-/m1/s1. The number of imidazole rings is 1. The van der Waals surface area contributed by atoms with Gasteiger partial charge >= 0.3 is 0 Å². The van der Waals surface area contributed by atoms with Gasteiger partial charge in [-0.2, -0.15) is 5.10 Å². The van der Waals surface area contributed by atoms with Gasteiger partial charge in [0.25, 0.3) is 5.91 Å². The molecule has 10 heteroatoms. The highest BCUT2D eigenvalue weighted by molar-refractivity contribution is 5.98. The van der Waals surface area contributed by atoms with Crippen LogP contribution in [0.3, 0.4) is 0 Å². The number of aromatic nitrogens is 5. The molecule has 0 spiro atoms. The minimum Gasteiger partial charge on any atom is -0.389 e. The van der Waals surface area contributed by atoms with Crippen LogP contribution in [0.1, 0.15) is 78.6 Å². The summed E-state index contributed by atoms with van der Waals surface area (Å²) < 4.78 is 8.86. The van der Waals surface area contributed by atoms with Crippen LogP contribution in [0, 0.1) is 18.8 Å². The quantitative estimate of drug-likeness (QED) is 0.338. The number of benzene rings is 1. The first kappa shape index (κ1) is 25.1. The highest BCUT2D eigenvalue weighted by Crippen LogP contribution is 2.54. The third-order valence-corrected chi connectivity index (χ3v) is 7.39. The van der Waals surface area contributed by atoms with Crippen molar-refractivity contribution in [1.29, 1.82) is 0 Å². The lowest BCUT2D eigenvalue weighted by Crippen LogP contribution is -2.26. The zero-order valence-electron chi connectivity index (χ0n) is 22.3. The molecule has 3 aliphatic rings. The minimum absolute atomic E-state index is 0.163. The summed E-state index contributed by atoms with van der Waals surface area (Å²) in [5.74, 6) is 6.99. The van der Waals surface area contributed by atoms with Crippen LogP contribution in [0.2, 0.25) is 0 Å². The molecule has 5 heterocycles. The Bertz CT molecular complexity index is 1670. The molecule has 10 nitrogen and oxygen atoms in total. The molecule has 3 aromatic heterocycles. The largest absolute Gasteiger partial charge is 0.389 e. The molecule has 1 aliphatic carbocycles. The molecular formula is C29H30N6O4. The molecule has 1 saturated carbocycles. The fraction of sp³-hybridized carbons (Fsp3) is 0.379. The fourth-order valence-electron chi connectivity index (χ4n) is 5.48. The third kappa shape index (κ3) is 4.43. The molecule has 0 radical (unpaired) electrons. The lowest BCUT2D eigenvalue weighted by molar-refractivity contribution is 0.0577. The van der Waals surface area contributed by atoms with E-state index in [1.54, 1.807) is 44.6 Å². The summed E-state index contributed by atoms with van der Waals surface area (Å²) in [6.07, 6.45) is 5.33. The molecule has 7 rings (SSSR count). The van der Waals surface area contributed by atoms with Gasteiger partial charge in [-0.05, 0) is 64.2 Å². The molecule has 0 unspecified atom stereocenters. The first-order chi connectivity index (χ1) is 18.4. The summed E-state index contributed by atoms with van der Waals surface area (Å²) in [5, 5.41) is 29.4. The van der Waals surface area contributed by atoms with E-state index in [0.717, 1.165) is 24.0 Å². The Kier molecular flexibility index (Phi) is 5.57. The maximum atomic E-state index is 12.6. The van der Waals surface area contributed by atoms with E-state index in [1.165, 1.54) is 0 Å². The Morgan fingerprint density at radius 1 is 1.23 bits per heavy atom. The van der Waals surface area contributed by atoms with E-state index >= 15 is 0 Å². The van der Waals surface area contributed by atoms with Crippen molar-refractivity contribution in [2.24, 2.45) is 5.73 Å². The number of rotatable bonds is 5. The van der Waals surface area contributed by atoms with Crippen LogP contribution < -0.4 is 5.73 Å². The van der Waals surface area contributed by atoms with Crippen molar-refractivity contribution < 1.29 is 19.5 Å². The molecule has 1 amide bonds. The summed E-state index contributed by atoms with van der Waals surface area (Å²) in [6, 6.07) is 7.78. The molecule has 1 aromatic carbocycles. The van der Waals surface area contributed by atoms with Crippen LogP contribution >= 0.6 is 0 Å². The van der Waals surface area contributed by atoms with Crippen molar-refractivity contribution in [3.63, 3.8) is 0 Å². The van der Waals surface area contributed by atoms with E-state index < -0.39 is 17.1 Å². The normalized spacial score (nSPS) is 19.1. The zero-order chi connectivity index (χ0) is 27.7. The smallest absolute Gasteiger partial charge is 0.269 e. The van der Waals surface area contributed by atoms with E-state index in [1.807, 2.05) is 18.3 Å². The number of hydrogen-bond donors (Lipinski definition) is 3. The molecule has 1 atom stereocenters. The van der Waals surface area contributed by atoms with Crippen LogP contribution in [-0.4, -0.2) is 46.2 Å². The Morgan fingerprint density at radius 3 is 2.67 bits per heavy atom. The van der Waals surface area contributed by atoms with Crippen LogP contribution in [-0.2, 0) is 12.1 Å². The van der Waals surface area contributed by atoms with Gasteiger partial charge in [0.05, 0.1) is 24.0 Å². The second-order valence-corrected chi connectivity index (χ2v) is 11.4. The number of nitrogens with two attached hydrogens (primary N) is 1. The molecule has 2 aliphatic heterocycles. The molecule has 4 N–H and O–H groups in total. The number of nitrogens with zero attached hydrogens (tertiary/aromatic N) is 5. The molecule has 1 fully saturated rings. The number of hydrogen-bond acceptors (Lipinski definition) is 7. The Hall–Kier alpha value is -4.20. The zero-order valence-corrected chi connectivity index (χ0v) is 22.3. The average Bonchev–Trinajstić information content (AvgIpc) is 3.52. The number of aryl methyl sites for hydroxylation is 1. The van der Waals surface area contributed by atoms with Gasteiger partial charge in [-0.15, -0.1) is 0 Å². The Balaban J connectivity index is 1.46. The fourth-order valence-corrected chi connectivity index (χ4v) is 5.48. The van der Waals surface area contributed by atoms with Gasteiger partial charge in [0, 0.05) is 35.0 Å². The second kappa shape index (κ2) is 8.66. The number of carbonyl (C=O) groups excluding carboxylic acids is 1. The van der Waals surface area contributed by atoms with E-state index in [2.05, 4.69) is 32.7 Å². The van der Waals surface area contributed by atoms with Crippen LogP contribution in [0.5, 0.6) is 0 Å². The minimum atomic E-state index is -1.49. The number of amides is 1. The molecule has 4 aromatic rings. The van der Waals surface area contributed by atoms with Gasteiger partial charge in [-0.25, -0.2) is 4.98 Å². The summed E-state index contributed by atoms with van der Waals surface area (Å²) in [6.45, 7) is 7.06. The van der Waals surface area contributed by atoms with Gasteiger partial charge < -0.3 is 25.0 Å². The monoisotopic (exact) mass is 526 g/mol. The molecule has 2 bridgehead atoms. The summed E-state index contributed by atoms with van der Waals surface area (Å²) in [5.41, 5.74) is 8.02. The average molecular weight is 527 g/mol. The van der Waals surface area contributed by atoms with Crippen molar-refractivity contribution in [1.82, 2.24) is 24.5 Å². The first-order valence-corrected chi connectivity index (χ1v) is 12.9. The van der Waals surface area contributed by atoms with Crippen molar-refractivity contribution in [3.8, 4) is 34.5 Å². The Morgan fingerprint density at radius 2 is 2.00 bits per heavy atom. The van der Waals surface area contributed by atoms with Gasteiger partial charge in [0.1, 0.15) is 17.3 Å². The Labute approximate surface area is 225 Å². The van der Waals surface area contributed by atoms with Crippen LogP contribution in [0.15, 0.2) is 41.2 Å². The third-order valence-electron chi connectivity index (χ3n) is 7.39. The maximum absolute atomic E-state index is 12.6. The van der Waals surface area contributed by atoms with Crippen molar-refractivity contribution in [2.75, 3.05) is 0 Å². The predicted molar refractivity (Wildman–Crippen MR) is 142 cm³/mol. The first-order valence-electron chi connectivity index (χ1n) is 12.9. The van der Waals surface area contributed by atoms with Gasteiger partial charge in [-0.3, -0.25) is 9.48 Å². The van der Waals surface area contributed by atoms with Gasteiger partial charge in [0.15, 0.2) is 11.3 Å². The van der Waals surface area contributed by atoms with Crippen molar-refractivity contribution in [2.45, 2.75) is 70.2 Å². The molecule has 0 saturated heterocycles. The SMILES string of the molecule is Cc1cc([C@](C)(O)C#Cc2ccc3c(c2)-c2nc(C(N)=O)c(-c4cnn(CC(C)(C)O)c4)n2C2CC3C2)no1. The maximum Gasteiger partial charge on any atom is 0.269 e. The number of aliphatic hydroxyl groups is 2. The molecular weight excluding hydrogens is 496 g/mol. The predicted octanol–water partition coefficient (Wildman–Crippen LogP) is 3.27. The molecule has 200 valence electrons. The summed E-state index contributed by atoms with van der Waals surface area (Å²) in [4.78, 5) is 17.4. The van der Waals surface area contributed by atoms with Crippen molar-refractivity contribution in [3.05, 3.63) is 64.9 Å². The van der Waals surface area contributed by atoms with Gasteiger partial charge in [0.2, 0.25) is 0 Å². The highest BCUT2D eigenvalue weighted by atomic mass is 16.5. The van der Waals surface area contributed by atoms with E-state index in [9.17, 15) is 15.0 Å². The van der Waals surface area contributed by atoms with Gasteiger partial charge in [-0.1, -0.05) is 23.1 Å². The van der Waals surface area contributed by atoms with Crippen molar-refractivity contribution >= 4 is 5.91 Å². The van der Waals surface area contributed by atoms with E-state index in [0.29, 0.717) is 46.6 Å². The topological polar surface area (TPSA) is 145 Å². The van der Waals surface area contributed by atoms with Crippen LogP contribution in [0.4, 0.5) is 0 Å². The lowest BCUT2D eigenvalue weighted by atomic mass is 9.75. The second-order valence-electron chi connectivity index (χ2n) is 11.4. The molecule has 39 heavy (non-hydrogen) atoms. The summed E-state index contributed by atoms with van der Waals surface area (Å²) in [7, 11) is 0. The highest BCUT2D eigenvalue weighted by Gasteiger charge is 2.41. The number of carbonyl (C=O) groups is 1. The van der Waals surface area contributed by atoms with Crippen LogP contribution in [0.25, 0.3) is 22.6 Å². The summed E-state index contributed by atoms with van der Waals surface area (Å²) >= 11 is 0.